The van der Waals surface area contributed by atoms with Crippen molar-refractivity contribution >= 4 is 23.9 Å². The Labute approximate surface area is 321 Å². The molecule has 4 bridgehead atoms. The molecule has 0 amide bonds. The molecule has 4 aliphatic heterocycles. The van der Waals surface area contributed by atoms with Crippen LogP contribution in [0.1, 0.15) is 126 Å². The minimum atomic E-state index is -0.642. The van der Waals surface area contributed by atoms with Gasteiger partial charge in [0.25, 0.3) is 0 Å². The van der Waals surface area contributed by atoms with Gasteiger partial charge in [-0.25, -0.2) is 0 Å². The van der Waals surface area contributed by atoms with Crippen molar-refractivity contribution in [3.63, 3.8) is 0 Å². The predicted octanol–water partition coefficient (Wildman–Crippen LogP) is 7.10. The van der Waals surface area contributed by atoms with E-state index in [1.807, 2.05) is 60.7 Å². The Morgan fingerprint density at radius 3 is 1.22 bits per heavy atom. The average Bonchev–Trinajstić information content (AvgIpc) is 3.48. The lowest BCUT2D eigenvalue weighted by molar-refractivity contribution is -0.159. The summed E-state index contributed by atoms with van der Waals surface area (Å²) in [5.74, 6) is -2.54. The minimum Gasteiger partial charge on any atom is -0.464 e. The second-order valence-electron chi connectivity index (χ2n) is 16.1. The van der Waals surface area contributed by atoms with Gasteiger partial charge in [-0.05, 0) is 89.4 Å². The predicted molar refractivity (Wildman–Crippen MR) is 205 cm³/mol. The fourth-order valence-electron chi connectivity index (χ4n) is 9.12. The number of benzene rings is 2. The zero-order valence-corrected chi connectivity index (χ0v) is 32.3. The van der Waals surface area contributed by atoms with Gasteiger partial charge in [0.2, 0.25) is 0 Å². The Bertz CT molecular complexity index is 1380. The van der Waals surface area contributed by atoms with Crippen molar-refractivity contribution in [1.29, 1.82) is 0 Å². The van der Waals surface area contributed by atoms with E-state index in [2.05, 4.69) is 23.9 Å². The van der Waals surface area contributed by atoms with Gasteiger partial charge in [-0.2, -0.15) is 0 Å². The summed E-state index contributed by atoms with van der Waals surface area (Å²) in [6.07, 6.45) is 13.5. The fraction of sp³-hybridized carbons (Fsp3) is 0.636. The van der Waals surface area contributed by atoms with E-state index >= 15 is 0 Å². The lowest BCUT2D eigenvalue weighted by atomic mass is 9.98. The third-order valence-corrected chi connectivity index (χ3v) is 12.5. The van der Waals surface area contributed by atoms with Crippen LogP contribution in [-0.4, -0.2) is 97.4 Å². The minimum absolute atomic E-state index is 0.0241. The molecule has 6 rings (SSSR count). The van der Waals surface area contributed by atoms with E-state index in [1.165, 1.54) is 0 Å². The number of fused-ring (bicyclic) bond motifs is 4. The number of hydrogen-bond donors (Lipinski definition) is 0. The maximum absolute atomic E-state index is 13.3. The van der Waals surface area contributed by atoms with Gasteiger partial charge in [0, 0.05) is 37.0 Å². The molecule has 6 atom stereocenters. The van der Waals surface area contributed by atoms with Crippen LogP contribution >= 0.6 is 0 Å². The van der Waals surface area contributed by atoms with Gasteiger partial charge in [-0.1, -0.05) is 86.3 Å². The first-order valence-electron chi connectivity index (χ1n) is 20.5. The Kier molecular flexibility index (Phi) is 14.6. The summed E-state index contributed by atoms with van der Waals surface area (Å²) in [4.78, 5) is 56.8. The standard InChI is InChI=1S/C44H60N2O8/c1-45-33-21-22-34(45)26-37(25-33)53-43(49)39(31-15-9-7-10-16-31)29-51-41(47)19-13-5-3-4-6-14-20-42(48)52-30-40(32-17-11-8-12-18-32)44(50)54-38-27-35-23-24-36(28-38)46(35)2/h7-12,15-18,33-40H,3-6,13-14,19-30H2,1-2H3. The smallest absolute Gasteiger partial charge is 0.317 e. The van der Waals surface area contributed by atoms with Gasteiger partial charge in [-0.15, -0.1) is 0 Å². The van der Waals surface area contributed by atoms with Crippen molar-refractivity contribution in [2.24, 2.45) is 0 Å². The van der Waals surface area contributed by atoms with Crippen LogP contribution < -0.4 is 0 Å². The van der Waals surface area contributed by atoms with E-state index in [9.17, 15) is 19.2 Å². The first-order valence-corrected chi connectivity index (χ1v) is 20.5. The molecule has 54 heavy (non-hydrogen) atoms. The highest BCUT2D eigenvalue weighted by molar-refractivity contribution is 5.80. The second kappa shape index (κ2) is 19.7. The van der Waals surface area contributed by atoms with Crippen molar-refractivity contribution in [2.45, 2.75) is 151 Å². The molecule has 4 heterocycles. The van der Waals surface area contributed by atoms with Crippen LogP contribution in [0.4, 0.5) is 0 Å². The van der Waals surface area contributed by atoms with Gasteiger partial charge in [-0.3, -0.25) is 19.2 Å². The largest absolute Gasteiger partial charge is 0.464 e. The Balaban J connectivity index is 0.838. The third kappa shape index (κ3) is 10.9. The van der Waals surface area contributed by atoms with Crippen LogP contribution in [0.3, 0.4) is 0 Å². The number of nitrogens with zero attached hydrogens (tertiary/aromatic N) is 2. The van der Waals surface area contributed by atoms with E-state index in [0.717, 1.165) is 88.2 Å². The van der Waals surface area contributed by atoms with Gasteiger partial charge in [0.05, 0.1) is 0 Å². The summed E-state index contributed by atoms with van der Waals surface area (Å²) in [5.41, 5.74) is 1.59. The quantitative estimate of drug-likeness (QED) is 0.0840. The summed E-state index contributed by atoms with van der Waals surface area (Å²) in [6, 6.07) is 20.8. The van der Waals surface area contributed by atoms with Crippen LogP contribution in [0.25, 0.3) is 0 Å². The molecular formula is C44H60N2O8. The zero-order chi connectivity index (χ0) is 37.9. The monoisotopic (exact) mass is 744 g/mol. The summed E-state index contributed by atoms with van der Waals surface area (Å²) in [7, 11) is 4.33. The molecule has 294 valence electrons. The average molecular weight is 745 g/mol. The van der Waals surface area contributed by atoms with Crippen molar-refractivity contribution in [2.75, 3.05) is 27.3 Å². The molecular weight excluding hydrogens is 684 g/mol. The highest BCUT2D eigenvalue weighted by Crippen LogP contribution is 2.37. The molecule has 10 nitrogen and oxygen atoms in total. The van der Waals surface area contributed by atoms with Crippen molar-refractivity contribution in [3.05, 3.63) is 71.8 Å². The molecule has 6 unspecified atom stereocenters. The highest BCUT2D eigenvalue weighted by Gasteiger charge is 2.42. The number of piperidine rings is 2. The summed E-state index contributed by atoms with van der Waals surface area (Å²) >= 11 is 0. The zero-order valence-electron chi connectivity index (χ0n) is 32.3. The number of unbranched alkanes of at least 4 members (excludes halogenated alkanes) is 5. The van der Waals surface area contributed by atoms with Gasteiger partial charge in [0.15, 0.2) is 0 Å². The third-order valence-electron chi connectivity index (χ3n) is 12.5. The van der Waals surface area contributed by atoms with Crippen LogP contribution in [0.15, 0.2) is 60.7 Å². The van der Waals surface area contributed by atoms with E-state index in [1.54, 1.807) is 0 Å². The molecule has 4 fully saturated rings. The normalized spacial score (nSPS) is 26.1. The Hall–Kier alpha value is -3.76. The summed E-state index contributed by atoms with van der Waals surface area (Å²) < 4.78 is 23.3. The first kappa shape index (κ1) is 39.9. The number of ether oxygens (including phenoxy) is 4. The maximum atomic E-state index is 13.3. The molecule has 0 N–H and O–H groups in total. The Morgan fingerprint density at radius 2 is 0.870 bits per heavy atom. The van der Waals surface area contributed by atoms with Crippen molar-refractivity contribution < 1.29 is 38.1 Å². The van der Waals surface area contributed by atoms with Crippen LogP contribution in [0.2, 0.25) is 0 Å². The molecule has 4 saturated heterocycles. The van der Waals surface area contributed by atoms with Gasteiger partial charge in [0.1, 0.15) is 37.3 Å². The summed E-state index contributed by atoms with van der Waals surface area (Å²) in [5, 5.41) is 0. The molecule has 0 saturated carbocycles. The van der Waals surface area contributed by atoms with Crippen molar-refractivity contribution in [1.82, 2.24) is 9.80 Å². The van der Waals surface area contributed by atoms with Gasteiger partial charge < -0.3 is 28.7 Å². The number of carbonyl (C=O) groups is 4. The molecule has 4 aliphatic rings. The van der Waals surface area contributed by atoms with Crippen LogP contribution in [0.5, 0.6) is 0 Å². The second-order valence-corrected chi connectivity index (χ2v) is 16.1. The topological polar surface area (TPSA) is 112 Å². The van der Waals surface area contributed by atoms with Crippen LogP contribution in [-0.2, 0) is 38.1 Å². The SMILES string of the molecule is CN1C2CCC1CC(OC(=O)C(COC(=O)CCCCCCCCC(=O)OCC(C(=O)OC1CC3CCC(C1)N3C)c1ccccc1)c1ccccc1)C2. The maximum Gasteiger partial charge on any atom is 0.317 e. The number of carbonyl (C=O) groups excluding carboxylic acids is 4. The van der Waals surface area contributed by atoms with E-state index in [0.29, 0.717) is 49.9 Å². The summed E-state index contributed by atoms with van der Waals surface area (Å²) in [6.45, 7) is -0.0482. The lowest BCUT2D eigenvalue weighted by Gasteiger charge is -2.36. The molecule has 0 aromatic heterocycles. The van der Waals surface area contributed by atoms with E-state index in [-0.39, 0.29) is 49.3 Å². The highest BCUT2D eigenvalue weighted by atomic mass is 16.6. The number of hydrogen-bond acceptors (Lipinski definition) is 10. The molecule has 0 radical (unpaired) electrons. The fourth-order valence-corrected chi connectivity index (χ4v) is 9.12. The van der Waals surface area contributed by atoms with E-state index < -0.39 is 11.8 Å². The molecule has 10 heteroatoms. The van der Waals surface area contributed by atoms with Crippen LogP contribution in [0, 0.1) is 0 Å². The molecule has 2 aromatic carbocycles. The molecule has 2 aromatic rings. The molecule has 0 aliphatic carbocycles. The van der Waals surface area contributed by atoms with Crippen molar-refractivity contribution in [3.8, 4) is 0 Å². The lowest BCUT2D eigenvalue weighted by Crippen LogP contribution is -2.44. The van der Waals surface area contributed by atoms with Gasteiger partial charge >= 0.3 is 23.9 Å². The first-order chi connectivity index (χ1) is 26.2. The molecule has 0 spiro atoms. The number of rotatable bonds is 19. The number of esters is 4. The Morgan fingerprint density at radius 1 is 0.537 bits per heavy atom. The van der Waals surface area contributed by atoms with E-state index in [4.69, 9.17) is 18.9 Å².